The highest BCUT2D eigenvalue weighted by atomic mass is 16.5. The Morgan fingerprint density at radius 2 is 2.00 bits per heavy atom. The predicted octanol–water partition coefficient (Wildman–Crippen LogP) is 3.16. The Morgan fingerprint density at radius 1 is 1.33 bits per heavy atom. The molecule has 0 aliphatic heterocycles. The van der Waals surface area contributed by atoms with E-state index in [1.807, 2.05) is 18.2 Å². The van der Waals surface area contributed by atoms with Crippen LogP contribution in [0, 0.1) is 16.7 Å². The monoisotopic (exact) mass is 203 g/mol. The fraction of sp³-hybridized carbons (Fsp3) is 0.462. The lowest BCUT2D eigenvalue weighted by molar-refractivity contribution is 0.401. The Labute approximate surface area is 91.5 Å². The van der Waals surface area contributed by atoms with E-state index in [2.05, 4.69) is 26.8 Å². The number of ether oxygens (including phenoxy) is 1. The van der Waals surface area contributed by atoms with Crippen molar-refractivity contribution >= 4 is 0 Å². The van der Waals surface area contributed by atoms with Gasteiger partial charge in [0.25, 0.3) is 0 Å². The molecule has 0 spiro atoms. The Morgan fingerprint density at radius 3 is 2.47 bits per heavy atom. The third kappa shape index (κ3) is 3.28. The molecule has 0 aliphatic carbocycles. The summed E-state index contributed by atoms with van der Waals surface area (Å²) in [5.41, 5.74) is 2.05. The van der Waals surface area contributed by atoms with Gasteiger partial charge in [0.15, 0.2) is 0 Å². The number of methoxy groups -OCH3 is 1. The molecule has 0 saturated carbocycles. The molecule has 1 aromatic rings. The van der Waals surface area contributed by atoms with E-state index in [9.17, 15) is 0 Å². The molecule has 0 amide bonds. The number of nitrogens with zero attached hydrogens (tertiary/aromatic N) is 1. The third-order valence-electron chi connectivity index (χ3n) is 2.12. The van der Waals surface area contributed by atoms with Crippen LogP contribution < -0.4 is 4.74 Å². The zero-order valence-electron chi connectivity index (χ0n) is 9.79. The Bertz CT molecular complexity index is 383. The first-order valence-corrected chi connectivity index (χ1v) is 5.03. The van der Waals surface area contributed by atoms with Gasteiger partial charge in [0.05, 0.1) is 12.7 Å². The Hall–Kier alpha value is -1.49. The van der Waals surface area contributed by atoms with Crippen molar-refractivity contribution in [2.45, 2.75) is 27.2 Å². The average Bonchev–Trinajstić information content (AvgIpc) is 2.15. The van der Waals surface area contributed by atoms with Gasteiger partial charge in [-0.3, -0.25) is 0 Å². The van der Waals surface area contributed by atoms with Crippen molar-refractivity contribution < 1.29 is 4.74 Å². The maximum absolute atomic E-state index is 8.84. The summed E-state index contributed by atoms with van der Waals surface area (Å²) in [5, 5.41) is 8.84. The molecule has 0 N–H and O–H groups in total. The molecule has 2 nitrogen and oxygen atoms in total. The van der Waals surface area contributed by atoms with Crippen molar-refractivity contribution in [2.24, 2.45) is 5.41 Å². The first-order chi connectivity index (χ1) is 6.96. The molecule has 1 aromatic carbocycles. The van der Waals surface area contributed by atoms with Crippen molar-refractivity contribution in [1.82, 2.24) is 0 Å². The molecule has 0 radical (unpaired) electrons. The highest BCUT2D eigenvalue weighted by Gasteiger charge is 2.12. The summed E-state index contributed by atoms with van der Waals surface area (Å²) in [4.78, 5) is 0. The van der Waals surface area contributed by atoms with Gasteiger partial charge in [-0.15, -0.1) is 0 Å². The Balaban J connectivity index is 3.00. The van der Waals surface area contributed by atoms with E-state index >= 15 is 0 Å². The molecule has 80 valence electrons. The number of hydrogen-bond donors (Lipinski definition) is 0. The van der Waals surface area contributed by atoms with Crippen LogP contribution in [-0.4, -0.2) is 7.11 Å². The summed E-state index contributed by atoms with van der Waals surface area (Å²) >= 11 is 0. The quantitative estimate of drug-likeness (QED) is 0.739. The topological polar surface area (TPSA) is 33.0 Å². The summed E-state index contributed by atoms with van der Waals surface area (Å²) in [6.07, 6.45) is 0.981. The van der Waals surface area contributed by atoms with E-state index < -0.39 is 0 Å². The van der Waals surface area contributed by atoms with Crippen LogP contribution in [0.5, 0.6) is 5.75 Å². The maximum atomic E-state index is 8.84. The predicted molar refractivity (Wildman–Crippen MR) is 60.9 cm³/mol. The summed E-state index contributed by atoms with van der Waals surface area (Å²) in [6, 6.07) is 7.87. The van der Waals surface area contributed by atoms with Gasteiger partial charge in [-0.25, -0.2) is 0 Å². The Kier molecular flexibility index (Phi) is 3.36. The molecule has 0 fully saturated rings. The number of benzene rings is 1. The van der Waals surface area contributed by atoms with E-state index in [1.165, 1.54) is 5.56 Å². The minimum absolute atomic E-state index is 0.249. The lowest BCUT2D eigenvalue weighted by Crippen LogP contribution is -2.09. The van der Waals surface area contributed by atoms with E-state index in [0.717, 1.165) is 6.42 Å². The number of nitriles is 1. The van der Waals surface area contributed by atoms with Crippen LogP contribution in [0.3, 0.4) is 0 Å². The smallest absolute Gasteiger partial charge is 0.136 e. The van der Waals surface area contributed by atoms with Gasteiger partial charge in [0.1, 0.15) is 11.8 Å². The SMILES string of the molecule is COc1cc(CC(C)(C)C)ccc1C#N. The van der Waals surface area contributed by atoms with Crippen molar-refractivity contribution in [3.63, 3.8) is 0 Å². The minimum Gasteiger partial charge on any atom is -0.495 e. The molecule has 0 bridgehead atoms. The number of hydrogen-bond acceptors (Lipinski definition) is 2. The van der Waals surface area contributed by atoms with Crippen LogP contribution in [0.2, 0.25) is 0 Å². The molecule has 1 rings (SSSR count). The fourth-order valence-corrected chi connectivity index (χ4v) is 1.55. The second-order valence-corrected chi connectivity index (χ2v) is 4.88. The molecule has 2 heteroatoms. The van der Waals surface area contributed by atoms with E-state index in [0.29, 0.717) is 11.3 Å². The van der Waals surface area contributed by atoms with E-state index in [4.69, 9.17) is 10.00 Å². The zero-order valence-corrected chi connectivity index (χ0v) is 9.79. The van der Waals surface area contributed by atoms with Crippen LogP contribution >= 0.6 is 0 Å². The van der Waals surface area contributed by atoms with Crippen LogP contribution in [-0.2, 0) is 6.42 Å². The van der Waals surface area contributed by atoms with Gasteiger partial charge in [-0.05, 0) is 29.5 Å². The second kappa shape index (κ2) is 4.35. The standard InChI is InChI=1S/C13H17NO/c1-13(2,3)8-10-5-6-11(9-14)12(7-10)15-4/h5-7H,8H2,1-4H3. The van der Waals surface area contributed by atoms with E-state index in [1.54, 1.807) is 7.11 Å². The third-order valence-corrected chi connectivity index (χ3v) is 2.12. The average molecular weight is 203 g/mol. The van der Waals surface area contributed by atoms with Crippen molar-refractivity contribution in [1.29, 1.82) is 5.26 Å². The van der Waals surface area contributed by atoms with Crippen molar-refractivity contribution in [3.05, 3.63) is 29.3 Å². The second-order valence-electron chi connectivity index (χ2n) is 4.88. The zero-order chi connectivity index (χ0) is 11.5. The molecule has 0 atom stereocenters. The van der Waals surface area contributed by atoms with Gasteiger partial charge < -0.3 is 4.74 Å². The van der Waals surface area contributed by atoms with E-state index in [-0.39, 0.29) is 5.41 Å². The first kappa shape index (κ1) is 11.6. The largest absolute Gasteiger partial charge is 0.495 e. The molecule has 0 aliphatic rings. The summed E-state index contributed by atoms with van der Waals surface area (Å²) in [7, 11) is 1.59. The van der Waals surface area contributed by atoms with Crippen molar-refractivity contribution in [3.8, 4) is 11.8 Å². The van der Waals surface area contributed by atoms with Crippen LogP contribution in [0.1, 0.15) is 31.9 Å². The molecule has 15 heavy (non-hydrogen) atoms. The molecule has 0 unspecified atom stereocenters. The summed E-state index contributed by atoms with van der Waals surface area (Å²) < 4.78 is 5.17. The lowest BCUT2D eigenvalue weighted by Gasteiger charge is -2.18. The molecular weight excluding hydrogens is 186 g/mol. The lowest BCUT2D eigenvalue weighted by atomic mass is 9.88. The van der Waals surface area contributed by atoms with Crippen LogP contribution in [0.15, 0.2) is 18.2 Å². The van der Waals surface area contributed by atoms with Crippen LogP contribution in [0.4, 0.5) is 0 Å². The fourth-order valence-electron chi connectivity index (χ4n) is 1.55. The summed E-state index contributed by atoms with van der Waals surface area (Å²) in [6.45, 7) is 6.58. The van der Waals surface area contributed by atoms with Gasteiger partial charge in [-0.1, -0.05) is 26.8 Å². The first-order valence-electron chi connectivity index (χ1n) is 5.03. The van der Waals surface area contributed by atoms with Gasteiger partial charge in [-0.2, -0.15) is 5.26 Å². The van der Waals surface area contributed by atoms with Crippen LogP contribution in [0.25, 0.3) is 0 Å². The maximum Gasteiger partial charge on any atom is 0.136 e. The van der Waals surface area contributed by atoms with Crippen molar-refractivity contribution in [2.75, 3.05) is 7.11 Å². The van der Waals surface area contributed by atoms with Gasteiger partial charge in [0.2, 0.25) is 0 Å². The highest BCUT2D eigenvalue weighted by molar-refractivity contribution is 5.45. The minimum atomic E-state index is 0.249. The van der Waals surface area contributed by atoms with Gasteiger partial charge >= 0.3 is 0 Å². The molecule has 0 aromatic heterocycles. The molecular formula is C13H17NO. The normalized spacial score (nSPS) is 10.9. The summed E-state index contributed by atoms with van der Waals surface area (Å²) in [5.74, 6) is 0.666. The molecule has 0 saturated heterocycles. The molecule has 0 heterocycles. The number of rotatable bonds is 2. The highest BCUT2D eigenvalue weighted by Crippen LogP contribution is 2.25. The van der Waals surface area contributed by atoms with Gasteiger partial charge in [0, 0.05) is 0 Å².